The quantitative estimate of drug-likeness (QED) is 0.470. The molecule has 0 unspecified atom stereocenters. The van der Waals surface area contributed by atoms with Crippen LogP contribution in [0.4, 0.5) is 17.6 Å². The van der Waals surface area contributed by atoms with Crippen LogP contribution >= 0.6 is 0 Å². The molecule has 2 atom stereocenters. The first-order chi connectivity index (χ1) is 17.7. The number of pyridine rings is 1. The molecule has 0 radical (unpaired) electrons. The number of aliphatic hydroxyl groups is 1. The fraction of sp³-hybridized carbons (Fsp3) is 0.500. The summed E-state index contributed by atoms with van der Waals surface area (Å²) in [6, 6.07) is 4.55. The fourth-order valence-corrected chi connectivity index (χ4v) is 5.61. The SMILES string of the molecule is C[C@@H](NC(=O)c1cc(C2(O)CCC(N3CC[C@H](F)C3)CC2)c2ncnn2c1)c1cccc(C(F)F)c1F. The Kier molecular flexibility index (Phi) is 6.93. The van der Waals surface area contributed by atoms with Gasteiger partial charge in [-0.2, -0.15) is 5.10 Å². The summed E-state index contributed by atoms with van der Waals surface area (Å²) in [7, 11) is 0. The number of carbonyl (C=O) groups excluding carboxylic acids is 1. The molecule has 2 aromatic heterocycles. The second kappa shape index (κ2) is 10.0. The van der Waals surface area contributed by atoms with E-state index in [1.807, 2.05) is 0 Å². The van der Waals surface area contributed by atoms with Gasteiger partial charge in [-0.3, -0.25) is 9.69 Å². The Balaban J connectivity index is 1.37. The lowest BCUT2D eigenvalue weighted by Crippen LogP contribution is -2.42. The standard InChI is InChI=1S/C26H29F4N5O2/c1-15(19-3-2-4-20(22(19)28)23(29)30)33-25(36)16-11-21(24-31-14-32-35(24)12-16)26(37)8-5-18(6-9-26)34-10-7-17(27)13-34/h2-4,11-12,14-15,17-18,23,37H,5-10,13H2,1H3,(H,33,36)/t15-,17+,18?,26?/m1/s1. The molecule has 2 fully saturated rings. The average Bonchev–Trinajstić information content (AvgIpc) is 3.52. The van der Waals surface area contributed by atoms with Crippen LogP contribution in [-0.4, -0.2) is 55.8 Å². The Morgan fingerprint density at radius 2 is 1.95 bits per heavy atom. The number of aromatic nitrogens is 3. The number of likely N-dealkylation sites (tertiary alicyclic amines) is 1. The molecule has 0 bridgehead atoms. The fourth-order valence-electron chi connectivity index (χ4n) is 5.61. The normalized spacial score (nSPS) is 25.6. The van der Waals surface area contributed by atoms with E-state index in [4.69, 9.17) is 0 Å². The lowest BCUT2D eigenvalue weighted by molar-refractivity contribution is -0.0219. The Morgan fingerprint density at radius 1 is 1.22 bits per heavy atom. The van der Waals surface area contributed by atoms with Gasteiger partial charge in [-0.1, -0.05) is 18.2 Å². The summed E-state index contributed by atoms with van der Waals surface area (Å²) >= 11 is 0. The van der Waals surface area contributed by atoms with Crippen LogP contribution in [0.2, 0.25) is 0 Å². The van der Waals surface area contributed by atoms with E-state index < -0.39 is 41.5 Å². The highest BCUT2D eigenvalue weighted by molar-refractivity contribution is 5.95. The molecular formula is C26H29F4N5O2. The van der Waals surface area contributed by atoms with Gasteiger partial charge < -0.3 is 10.4 Å². The Labute approximate surface area is 211 Å². The maximum absolute atomic E-state index is 14.6. The molecule has 37 heavy (non-hydrogen) atoms. The van der Waals surface area contributed by atoms with Crippen LogP contribution in [0.15, 0.2) is 36.8 Å². The second-order valence-electron chi connectivity index (χ2n) is 10.1. The number of hydrogen-bond acceptors (Lipinski definition) is 5. The van der Waals surface area contributed by atoms with Crippen molar-refractivity contribution in [1.82, 2.24) is 24.8 Å². The van der Waals surface area contributed by atoms with E-state index in [0.29, 0.717) is 56.4 Å². The Bertz CT molecular complexity index is 1290. The van der Waals surface area contributed by atoms with Crippen LogP contribution in [0, 0.1) is 5.82 Å². The van der Waals surface area contributed by atoms with Crippen molar-refractivity contribution >= 4 is 11.6 Å². The smallest absolute Gasteiger partial charge is 0.266 e. The van der Waals surface area contributed by atoms with Crippen LogP contribution in [0.5, 0.6) is 0 Å². The van der Waals surface area contributed by atoms with Crippen molar-refractivity contribution in [2.75, 3.05) is 13.1 Å². The molecule has 1 amide bonds. The summed E-state index contributed by atoms with van der Waals surface area (Å²) in [6.45, 7) is 2.65. The monoisotopic (exact) mass is 519 g/mol. The average molecular weight is 520 g/mol. The van der Waals surface area contributed by atoms with Crippen LogP contribution in [0.1, 0.15) is 78.5 Å². The Hall–Kier alpha value is -3.05. The van der Waals surface area contributed by atoms with Crippen LogP contribution in [-0.2, 0) is 5.60 Å². The summed E-state index contributed by atoms with van der Waals surface area (Å²) in [5.41, 5.74) is -0.980. The van der Waals surface area contributed by atoms with Crippen LogP contribution in [0.3, 0.4) is 0 Å². The van der Waals surface area contributed by atoms with E-state index in [-0.39, 0.29) is 17.2 Å². The van der Waals surface area contributed by atoms with E-state index in [1.165, 1.54) is 36.1 Å². The topological polar surface area (TPSA) is 82.8 Å². The van der Waals surface area contributed by atoms with Gasteiger partial charge in [0.25, 0.3) is 12.3 Å². The zero-order valence-corrected chi connectivity index (χ0v) is 20.4. The predicted molar refractivity (Wildman–Crippen MR) is 127 cm³/mol. The summed E-state index contributed by atoms with van der Waals surface area (Å²) < 4.78 is 55.9. The molecule has 198 valence electrons. The van der Waals surface area contributed by atoms with E-state index in [9.17, 15) is 27.5 Å². The minimum Gasteiger partial charge on any atom is -0.385 e. The van der Waals surface area contributed by atoms with E-state index in [1.54, 1.807) is 6.07 Å². The number of amides is 1. The van der Waals surface area contributed by atoms with Gasteiger partial charge in [0, 0.05) is 36.5 Å². The van der Waals surface area contributed by atoms with Crippen molar-refractivity contribution in [2.45, 2.75) is 69.3 Å². The van der Waals surface area contributed by atoms with Crippen molar-refractivity contribution < 1.29 is 27.5 Å². The molecule has 1 aromatic carbocycles. The maximum Gasteiger partial charge on any atom is 0.266 e. The minimum atomic E-state index is -2.97. The van der Waals surface area contributed by atoms with Gasteiger partial charge in [-0.25, -0.2) is 27.1 Å². The summed E-state index contributed by atoms with van der Waals surface area (Å²) in [5, 5.41) is 18.4. The van der Waals surface area contributed by atoms with Crippen LogP contribution < -0.4 is 5.32 Å². The van der Waals surface area contributed by atoms with Crippen molar-refractivity contribution in [2.24, 2.45) is 0 Å². The third-order valence-corrected chi connectivity index (χ3v) is 7.71. The molecule has 1 aliphatic heterocycles. The maximum atomic E-state index is 14.6. The molecule has 1 saturated heterocycles. The number of fused-ring (bicyclic) bond motifs is 1. The van der Waals surface area contributed by atoms with E-state index >= 15 is 0 Å². The van der Waals surface area contributed by atoms with Crippen molar-refractivity contribution in [1.29, 1.82) is 0 Å². The van der Waals surface area contributed by atoms with Gasteiger partial charge in [-0.05, 0) is 45.1 Å². The first kappa shape index (κ1) is 25.6. The predicted octanol–water partition coefficient (Wildman–Crippen LogP) is 4.47. The van der Waals surface area contributed by atoms with Gasteiger partial charge in [0.05, 0.1) is 22.8 Å². The molecule has 2 aliphatic rings. The lowest BCUT2D eigenvalue weighted by atomic mass is 9.77. The van der Waals surface area contributed by atoms with Gasteiger partial charge in [0.1, 0.15) is 18.3 Å². The summed E-state index contributed by atoms with van der Waals surface area (Å²) in [5.74, 6) is -1.63. The van der Waals surface area contributed by atoms with Crippen molar-refractivity contribution in [3.05, 3.63) is 64.9 Å². The molecule has 3 heterocycles. The summed E-state index contributed by atoms with van der Waals surface area (Å²) in [4.78, 5) is 19.6. The number of alkyl halides is 3. The number of hydrogen-bond donors (Lipinski definition) is 2. The summed E-state index contributed by atoms with van der Waals surface area (Å²) in [6.07, 6.45) is 1.73. The van der Waals surface area contributed by atoms with Gasteiger partial charge in [0.15, 0.2) is 5.65 Å². The number of nitrogens with one attached hydrogen (secondary N) is 1. The second-order valence-corrected chi connectivity index (χ2v) is 10.1. The van der Waals surface area contributed by atoms with Crippen molar-refractivity contribution in [3.63, 3.8) is 0 Å². The third-order valence-electron chi connectivity index (χ3n) is 7.71. The zero-order valence-electron chi connectivity index (χ0n) is 20.4. The molecule has 1 aliphatic carbocycles. The largest absolute Gasteiger partial charge is 0.385 e. The first-order valence-corrected chi connectivity index (χ1v) is 12.5. The van der Waals surface area contributed by atoms with Gasteiger partial charge >= 0.3 is 0 Å². The molecule has 3 aromatic rings. The molecule has 11 heteroatoms. The van der Waals surface area contributed by atoms with Crippen molar-refractivity contribution in [3.8, 4) is 0 Å². The van der Waals surface area contributed by atoms with Gasteiger partial charge in [0.2, 0.25) is 0 Å². The van der Waals surface area contributed by atoms with E-state index in [0.717, 1.165) is 6.07 Å². The highest BCUT2D eigenvalue weighted by Gasteiger charge is 2.40. The Morgan fingerprint density at radius 3 is 2.62 bits per heavy atom. The molecule has 5 rings (SSSR count). The molecule has 7 nitrogen and oxygen atoms in total. The molecular weight excluding hydrogens is 490 g/mol. The lowest BCUT2D eigenvalue weighted by Gasteiger charge is -2.39. The first-order valence-electron chi connectivity index (χ1n) is 12.5. The number of benzene rings is 1. The third kappa shape index (κ3) is 4.94. The van der Waals surface area contributed by atoms with E-state index in [2.05, 4.69) is 20.3 Å². The number of carbonyl (C=O) groups is 1. The molecule has 2 N–H and O–H groups in total. The highest BCUT2D eigenvalue weighted by Crippen LogP contribution is 2.41. The number of rotatable bonds is 6. The zero-order chi connectivity index (χ0) is 26.3. The molecule has 0 spiro atoms. The van der Waals surface area contributed by atoms with Crippen LogP contribution in [0.25, 0.3) is 5.65 Å². The minimum absolute atomic E-state index is 0.0532. The highest BCUT2D eigenvalue weighted by atomic mass is 19.3. The van der Waals surface area contributed by atoms with Gasteiger partial charge in [-0.15, -0.1) is 0 Å². The number of nitrogens with zero attached hydrogens (tertiary/aromatic N) is 4. The molecule has 1 saturated carbocycles. The number of halogens is 4.